The first kappa shape index (κ1) is 14.4. The summed E-state index contributed by atoms with van der Waals surface area (Å²) >= 11 is 0. The average molecular weight is 264 g/mol. The molecule has 108 valence electrons. The Morgan fingerprint density at radius 2 is 2.05 bits per heavy atom. The molecule has 0 aliphatic heterocycles. The minimum atomic E-state index is 0.182. The molecule has 1 aliphatic rings. The second kappa shape index (κ2) is 5.95. The first-order valence-corrected chi connectivity index (χ1v) is 7.48. The van der Waals surface area contributed by atoms with Crippen LogP contribution >= 0.6 is 0 Å². The Kier molecular flexibility index (Phi) is 4.50. The molecule has 0 bridgehead atoms. The lowest BCUT2D eigenvalue weighted by molar-refractivity contribution is 0.538. The second-order valence-corrected chi connectivity index (χ2v) is 6.22. The van der Waals surface area contributed by atoms with E-state index in [2.05, 4.69) is 30.9 Å². The van der Waals surface area contributed by atoms with Gasteiger partial charge in [-0.2, -0.15) is 5.10 Å². The molecule has 1 heterocycles. The molecule has 0 aromatic carbocycles. The Bertz CT molecular complexity index is 416. The van der Waals surface area contributed by atoms with Crippen LogP contribution in [0.1, 0.15) is 43.9 Å². The van der Waals surface area contributed by atoms with Crippen LogP contribution in [0.3, 0.4) is 0 Å². The van der Waals surface area contributed by atoms with Gasteiger partial charge in [0.15, 0.2) is 0 Å². The third-order valence-corrected chi connectivity index (χ3v) is 4.21. The lowest BCUT2D eigenvalue weighted by Crippen LogP contribution is -2.28. The summed E-state index contributed by atoms with van der Waals surface area (Å²) in [5.41, 5.74) is 8.42. The summed E-state index contributed by atoms with van der Waals surface area (Å²) in [6.45, 7) is 5.29. The van der Waals surface area contributed by atoms with Gasteiger partial charge in [0, 0.05) is 32.2 Å². The summed E-state index contributed by atoms with van der Waals surface area (Å²) in [5, 5.41) is 4.58. The molecule has 1 atom stereocenters. The molecular formula is C15H28N4. The lowest BCUT2D eigenvalue weighted by atomic mass is 10.1. The van der Waals surface area contributed by atoms with E-state index in [1.807, 2.05) is 11.7 Å². The zero-order valence-corrected chi connectivity index (χ0v) is 12.8. The van der Waals surface area contributed by atoms with Gasteiger partial charge in [-0.15, -0.1) is 0 Å². The van der Waals surface area contributed by atoms with Crippen LogP contribution in [0.5, 0.6) is 0 Å². The highest BCUT2D eigenvalue weighted by Gasteiger charge is 2.22. The monoisotopic (exact) mass is 264 g/mol. The quantitative estimate of drug-likeness (QED) is 0.887. The van der Waals surface area contributed by atoms with Crippen LogP contribution in [0.15, 0.2) is 0 Å². The van der Waals surface area contributed by atoms with Gasteiger partial charge in [0.1, 0.15) is 5.82 Å². The van der Waals surface area contributed by atoms with E-state index in [0.717, 1.165) is 24.6 Å². The fourth-order valence-corrected chi connectivity index (χ4v) is 3.39. The van der Waals surface area contributed by atoms with Crippen LogP contribution in [-0.4, -0.2) is 29.4 Å². The molecule has 2 rings (SSSR count). The van der Waals surface area contributed by atoms with Crippen molar-refractivity contribution in [1.29, 1.82) is 0 Å². The van der Waals surface area contributed by atoms with Crippen LogP contribution in [0.25, 0.3) is 0 Å². The Morgan fingerprint density at radius 1 is 1.42 bits per heavy atom. The van der Waals surface area contributed by atoms with Gasteiger partial charge in [0.05, 0.1) is 5.69 Å². The predicted octanol–water partition coefficient (Wildman–Crippen LogP) is 2.24. The number of aromatic nitrogens is 2. The molecule has 1 unspecified atom stereocenters. The summed E-state index contributed by atoms with van der Waals surface area (Å²) in [5.74, 6) is 2.10. The van der Waals surface area contributed by atoms with Gasteiger partial charge in [0.2, 0.25) is 0 Å². The minimum absolute atomic E-state index is 0.182. The predicted molar refractivity (Wildman–Crippen MR) is 80.5 cm³/mol. The maximum Gasteiger partial charge on any atom is 0.129 e. The summed E-state index contributed by atoms with van der Waals surface area (Å²) in [6, 6.07) is 0.182. The maximum atomic E-state index is 5.98. The highest BCUT2D eigenvalue weighted by molar-refractivity contribution is 5.50. The van der Waals surface area contributed by atoms with E-state index in [9.17, 15) is 0 Å². The summed E-state index contributed by atoms with van der Waals surface area (Å²) < 4.78 is 2.02. The molecule has 1 aromatic heterocycles. The van der Waals surface area contributed by atoms with Crippen molar-refractivity contribution in [2.75, 3.05) is 18.5 Å². The zero-order chi connectivity index (χ0) is 14.0. The molecule has 2 N–H and O–H groups in total. The van der Waals surface area contributed by atoms with Crippen LogP contribution in [0.2, 0.25) is 0 Å². The summed E-state index contributed by atoms with van der Waals surface area (Å²) in [6.07, 6.45) is 6.46. The van der Waals surface area contributed by atoms with E-state index in [0.29, 0.717) is 0 Å². The highest BCUT2D eigenvalue weighted by atomic mass is 15.4. The second-order valence-electron chi connectivity index (χ2n) is 6.22. The Morgan fingerprint density at radius 3 is 2.63 bits per heavy atom. The smallest absolute Gasteiger partial charge is 0.129 e. The first-order chi connectivity index (χ1) is 8.99. The van der Waals surface area contributed by atoms with Crippen molar-refractivity contribution < 1.29 is 0 Å². The molecule has 0 spiro atoms. The van der Waals surface area contributed by atoms with E-state index in [4.69, 9.17) is 5.73 Å². The lowest BCUT2D eigenvalue weighted by Gasteiger charge is -2.24. The first-order valence-electron chi connectivity index (χ1n) is 7.48. The molecule has 1 aliphatic carbocycles. The number of rotatable bonds is 5. The molecule has 0 saturated heterocycles. The Labute approximate surface area is 117 Å². The normalized spacial score (nSPS) is 17.9. The van der Waals surface area contributed by atoms with Crippen molar-refractivity contribution in [3.8, 4) is 0 Å². The van der Waals surface area contributed by atoms with E-state index < -0.39 is 0 Å². The largest absolute Gasteiger partial charge is 0.359 e. The molecule has 19 heavy (non-hydrogen) atoms. The third-order valence-electron chi connectivity index (χ3n) is 4.21. The summed E-state index contributed by atoms with van der Waals surface area (Å²) in [4.78, 5) is 2.38. The zero-order valence-electron chi connectivity index (χ0n) is 12.8. The molecular weight excluding hydrogens is 236 g/mol. The van der Waals surface area contributed by atoms with E-state index in [1.165, 1.54) is 37.1 Å². The van der Waals surface area contributed by atoms with Crippen molar-refractivity contribution in [1.82, 2.24) is 9.78 Å². The van der Waals surface area contributed by atoms with Gasteiger partial charge in [-0.05, 0) is 39.0 Å². The van der Waals surface area contributed by atoms with Gasteiger partial charge in [-0.1, -0.05) is 12.8 Å². The summed E-state index contributed by atoms with van der Waals surface area (Å²) in [7, 11) is 4.23. The van der Waals surface area contributed by atoms with Crippen molar-refractivity contribution >= 4 is 5.82 Å². The van der Waals surface area contributed by atoms with E-state index in [-0.39, 0.29) is 6.04 Å². The SMILES string of the molecule is Cc1nn(C)c(N(C)CC2CCCC2)c1CC(C)N. The fourth-order valence-electron chi connectivity index (χ4n) is 3.39. The molecule has 1 aromatic rings. The van der Waals surface area contributed by atoms with Gasteiger partial charge in [0.25, 0.3) is 0 Å². The van der Waals surface area contributed by atoms with E-state index >= 15 is 0 Å². The van der Waals surface area contributed by atoms with Crippen molar-refractivity contribution in [2.24, 2.45) is 18.7 Å². The number of nitrogens with zero attached hydrogens (tertiary/aromatic N) is 3. The van der Waals surface area contributed by atoms with Crippen LogP contribution in [0.4, 0.5) is 5.82 Å². The molecule has 0 radical (unpaired) electrons. The number of nitrogens with two attached hydrogens (primary N) is 1. The van der Waals surface area contributed by atoms with Crippen molar-refractivity contribution in [3.05, 3.63) is 11.3 Å². The number of hydrogen-bond donors (Lipinski definition) is 1. The van der Waals surface area contributed by atoms with Gasteiger partial charge in [-0.3, -0.25) is 4.68 Å². The van der Waals surface area contributed by atoms with E-state index in [1.54, 1.807) is 0 Å². The number of aryl methyl sites for hydroxylation is 2. The van der Waals surface area contributed by atoms with Crippen LogP contribution in [-0.2, 0) is 13.5 Å². The van der Waals surface area contributed by atoms with Gasteiger partial charge in [-0.25, -0.2) is 0 Å². The fraction of sp³-hybridized carbons (Fsp3) is 0.800. The minimum Gasteiger partial charge on any atom is -0.359 e. The standard InChI is InChI=1S/C15H28N4/c1-11(16)9-14-12(2)17-19(4)15(14)18(3)10-13-7-5-6-8-13/h11,13H,5-10,16H2,1-4H3. The van der Waals surface area contributed by atoms with Gasteiger partial charge >= 0.3 is 0 Å². The molecule has 4 nitrogen and oxygen atoms in total. The Balaban J connectivity index is 2.16. The number of anilines is 1. The molecule has 1 saturated carbocycles. The molecule has 0 amide bonds. The maximum absolute atomic E-state index is 5.98. The molecule has 4 heteroatoms. The van der Waals surface area contributed by atoms with Crippen LogP contribution in [0, 0.1) is 12.8 Å². The van der Waals surface area contributed by atoms with Crippen molar-refractivity contribution in [3.63, 3.8) is 0 Å². The average Bonchev–Trinajstić information content (AvgIpc) is 2.88. The van der Waals surface area contributed by atoms with Crippen LogP contribution < -0.4 is 10.6 Å². The highest BCUT2D eigenvalue weighted by Crippen LogP contribution is 2.29. The van der Waals surface area contributed by atoms with Crippen molar-refractivity contribution in [2.45, 2.75) is 52.0 Å². The van der Waals surface area contributed by atoms with Gasteiger partial charge < -0.3 is 10.6 Å². The topological polar surface area (TPSA) is 47.1 Å². The molecule has 1 fully saturated rings. The third kappa shape index (κ3) is 3.30. The number of hydrogen-bond acceptors (Lipinski definition) is 3. The Hall–Kier alpha value is -1.03.